The molecule has 1 amide bonds. The molecule has 1 aromatic heterocycles. The summed E-state index contributed by atoms with van der Waals surface area (Å²) < 4.78 is 12.5. The predicted octanol–water partition coefficient (Wildman–Crippen LogP) is 2.03. The Hall–Kier alpha value is -3.99. The largest absolute Gasteiger partial charge is 0.497 e. The number of amides is 1. The molecule has 0 bridgehead atoms. The van der Waals surface area contributed by atoms with Crippen LogP contribution in [-0.4, -0.2) is 53.7 Å². The van der Waals surface area contributed by atoms with Crippen molar-refractivity contribution >= 4 is 11.7 Å². The molecule has 1 aromatic carbocycles. The molecule has 0 unspecified atom stereocenters. The Balaban J connectivity index is 2.00. The van der Waals surface area contributed by atoms with Crippen LogP contribution in [0, 0.1) is 18.8 Å². The minimum absolute atomic E-state index is 0.0339. The van der Waals surface area contributed by atoms with Crippen molar-refractivity contribution in [3.63, 3.8) is 0 Å². The van der Waals surface area contributed by atoms with Crippen LogP contribution in [0.2, 0.25) is 0 Å². The second kappa shape index (κ2) is 9.22. The maximum atomic E-state index is 11.8. The van der Waals surface area contributed by atoms with E-state index in [2.05, 4.69) is 35.1 Å². The zero-order valence-corrected chi connectivity index (χ0v) is 17.9. The number of ether oxygens (including phenoxy) is 2. The SMILES string of the molecule is C=CN=C(N)c1c(C#Cc2cc(OC)cc(OC)c2)nn(C2CN(C(=O)C=C)C2)c1C. The van der Waals surface area contributed by atoms with Gasteiger partial charge in [-0.1, -0.05) is 19.1 Å². The monoisotopic (exact) mass is 419 g/mol. The molecule has 160 valence electrons. The lowest BCUT2D eigenvalue weighted by molar-refractivity contribution is -0.131. The number of carbonyl (C=O) groups is 1. The highest BCUT2D eigenvalue weighted by Gasteiger charge is 2.33. The molecule has 2 aromatic rings. The molecule has 0 atom stereocenters. The van der Waals surface area contributed by atoms with Gasteiger partial charge in [0.2, 0.25) is 5.91 Å². The van der Waals surface area contributed by atoms with Crippen LogP contribution < -0.4 is 15.2 Å². The molecule has 0 saturated carbocycles. The fourth-order valence-corrected chi connectivity index (χ4v) is 3.36. The van der Waals surface area contributed by atoms with Crippen molar-refractivity contribution in [2.24, 2.45) is 10.7 Å². The first-order valence-corrected chi connectivity index (χ1v) is 9.61. The third kappa shape index (κ3) is 4.46. The first-order valence-electron chi connectivity index (χ1n) is 9.61. The first-order chi connectivity index (χ1) is 14.9. The number of aromatic nitrogens is 2. The zero-order valence-electron chi connectivity index (χ0n) is 17.9. The minimum atomic E-state index is -0.0963. The number of aliphatic imine (C=N–C) groups is 1. The third-order valence-corrected chi connectivity index (χ3v) is 5.01. The summed E-state index contributed by atoms with van der Waals surface area (Å²) in [6.45, 7) is 10.1. The molecule has 1 aliphatic rings. The van der Waals surface area contributed by atoms with Gasteiger partial charge in [-0.2, -0.15) is 5.10 Å². The van der Waals surface area contributed by atoms with E-state index >= 15 is 0 Å². The number of hydrogen-bond acceptors (Lipinski definition) is 5. The molecule has 31 heavy (non-hydrogen) atoms. The van der Waals surface area contributed by atoms with Gasteiger partial charge in [0.05, 0.1) is 25.8 Å². The van der Waals surface area contributed by atoms with Crippen LogP contribution in [0.15, 0.2) is 48.6 Å². The summed E-state index contributed by atoms with van der Waals surface area (Å²) in [4.78, 5) is 17.6. The number of nitrogens with zero attached hydrogens (tertiary/aromatic N) is 4. The second-order valence-electron chi connectivity index (χ2n) is 6.90. The fourth-order valence-electron chi connectivity index (χ4n) is 3.36. The van der Waals surface area contributed by atoms with Gasteiger partial charge in [0, 0.05) is 36.6 Å². The van der Waals surface area contributed by atoms with Crippen LogP contribution in [0.4, 0.5) is 0 Å². The summed E-state index contributed by atoms with van der Waals surface area (Å²) in [6, 6.07) is 5.43. The summed E-state index contributed by atoms with van der Waals surface area (Å²) in [5.41, 5.74) is 8.86. The topological polar surface area (TPSA) is 95.0 Å². The van der Waals surface area contributed by atoms with E-state index in [-0.39, 0.29) is 17.8 Å². The van der Waals surface area contributed by atoms with Gasteiger partial charge in [-0.3, -0.25) is 9.48 Å². The average Bonchev–Trinajstić information content (AvgIpc) is 3.06. The number of methoxy groups -OCH3 is 2. The molecule has 8 heteroatoms. The Morgan fingerprint density at radius 1 is 1.23 bits per heavy atom. The normalized spacial score (nSPS) is 13.6. The standard InChI is InChI=1S/C23H25N5O3/c1-6-21(29)27-13-17(14-27)28-15(3)22(23(24)25-7-2)20(26-28)9-8-16-10-18(30-4)12-19(11-16)31-5/h6-7,10-12,17H,1-2,13-14H2,3-5H3,(H2,24,25). The van der Waals surface area contributed by atoms with Gasteiger partial charge >= 0.3 is 0 Å². The molecule has 8 nitrogen and oxygen atoms in total. The van der Waals surface area contributed by atoms with Crippen LogP contribution in [0.3, 0.4) is 0 Å². The predicted molar refractivity (Wildman–Crippen MR) is 119 cm³/mol. The van der Waals surface area contributed by atoms with E-state index in [1.54, 1.807) is 25.2 Å². The Morgan fingerprint density at radius 3 is 2.42 bits per heavy atom. The third-order valence-electron chi connectivity index (χ3n) is 5.01. The highest BCUT2D eigenvalue weighted by atomic mass is 16.5. The summed E-state index contributed by atoms with van der Waals surface area (Å²) in [6.07, 6.45) is 2.69. The lowest BCUT2D eigenvalue weighted by Gasteiger charge is -2.39. The Kier molecular flexibility index (Phi) is 6.46. The maximum absolute atomic E-state index is 11.8. The van der Waals surface area contributed by atoms with Gasteiger partial charge in [0.25, 0.3) is 0 Å². The van der Waals surface area contributed by atoms with Crippen molar-refractivity contribution in [3.8, 4) is 23.3 Å². The maximum Gasteiger partial charge on any atom is 0.246 e. The van der Waals surface area contributed by atoms with Crippen molar-refractivity contribution in [1.29, 1.82) is 0 Å². The number of nitrogens with two attached hydrogens (primary N) is 1. The molecule has 1 saturated heterocycles. The van der Waals surface area contributed by atoms with Gasteiger partial charge in [0.1, 0.15) is 23.0 Å². The highest BCUT2D eigenvalue weighted by Crippen LogP contribution is 2.26. The lowest BCUT2D eigenvalue weighted by Crippen LogP contribution is -2.50. The average molecular weight is 419 g/mol. The summed E-state index contributed by atoms with van der Waals surface area (Å²) in [7, 11) is 3.17. The molecule has 1 fully saturated rings. The fraction of sp³-hybridized carbons (Fsp3) is 0.261. The van der Waals surface area contributed by atoms with Gasteiger partial charge < -0.3 is 20.1 Å². The van der Waals surface area contributed by atoms with E-state index < -0.39 is 0 Å². The summed E-state index contributed by atoms with van der Waals surface area (Å²) >= 11 is 0. The van der Waals surface area contributed by atoms with Gasteiger partial charge in [-0.05, 0) is 31.1 Å². The van der Waals surface area contributed by atoms with Crippen molar-refractivity contribution in [1.82, 2.24) is 14.7 Å². The molecule has 2 heterocycles. The number of likely N-dealkylation sites (tertiary alicyclic amines) is 1. The number of carbonyl (C=O) groups excluding carboxylic acids is 1. The summed E-state index contributed by atoms with van der Waals surface area (Å²) in [5, 5.41) is 4.68. The van der Waals surface area contributed by atoms with E-state index in [9.17, 15) is 4.79 Å². The van der Waals surface area contributed by atoms with E-state index in [4.69, 9.17) is 15.2 Å². The lowest BCUT2D eigenvalue weighted by atomic mass is 10.1. The highest BCUT2D eigenvalue weighted by molar-refractivity contribution is 6.00. The first kappa shape index (κ1) is 21.7. The van der Waals surface area contributed by atoms with Crippen molar-refractivity contribution in [2.45, 2.75) is 13.0 Å². The quantitative estimate of drug-likeness (QED) is 0.335. The summed E-state index contributed by atoms with van der Waals surface area (Å²) in [5.74, 6) is 7.66. The number of hydrogen-bond donors (Lipinski definition) is 1. The Morgan fingerprint density at radius 2 is 1.87 bits per heavy atom. The van der Waals surface area contributed by atoms with Crippen LogP contribution in [0.25, 0.3) is 0 Å². The molecule has 1 aliphatic heterocycles. The van der Waals surface area contributed by atoms with Crippen LogP contribution in [0.5, 0.6) is 11.5 Å². The Bertz CT molecular complexity index is 1090. The van der Waals surface area contributed by atoms with Gasteiger partial charge in [0.15, 0.2) is 0 Å². The molecular formula is C23H25N5O3. The molecule has 0 radical (unpaired) electrons. The van der Waals surface area contributed by atoms with Crippen LogP contribution in [-0.2, 0) is 4.79 Å². The Labute approximate surface area is 181 Å². The number of rotatable bonds is 6. The van der Waals surface area contributed by atoms with Gasteiger partial charge in [-0.15, -0.1) is 0 Å². The smallest absolute Gasteiger partial charge is 0.246 e. The molecule has 2 N–H and O–H groups in total. The van der Waals surface area contributed by atoms with Crippen molar-refractivity contribution in [2.75, 3.05) is 27.3 Å². The number of amidine groups is 1. The van der Waals surface area contributed by atoms with E-state index in [0.717, 1.165) is 5.69 Å². The molecule has 0 spiro atoms. The zero-order chi connectivity index (χ0) is 22.5. The van der Waals surface area contributed by atoms with Crippen LogP contribution >= 0.6 is 0 Å². The number of benzene rings is 1. The van der Waals surface area contributed by atoms with Crippen molar-refractivity contribution < 1.29 is 14.3 Å². The molecule has 0 aliphatic carbocycles. The van der Waals surface area contributed by atoms with Gasteiger partial charge in [-0.25, -0.2) is 4.99 Å². The molecular weight excluding hydrogens is 394 g/mol. The van der Waals surface area contributed by atoms with Crippen LogP contribution in [0.1, 0.15) is 28.6 Å². The van der Waals surface area contributed by atoms with E-state index in [0.29, 0.717) is 41.4 Å². The van der Waals surface area contributed by atoms with Crippen molar-refractivity contribution in [3.05, 3.63) is 66.1 Å². The van der Waals surface area contributed by atoms with E-state index in [1.165, 1.54) is 12.3 Å². The van der Waals surface area contributed by atoms with E-state index in [1.807, 2.05) is 23.7 Å². The minimum Gasteiger partial charge on any atom is -0.497 e. The second-order valence-corrected chi connectivity index (χ2v) is 6.90. The molecule has 3 rings (SSSR count).